The van der Waals surface area contributed by atoms with Crippen molar-refractivity contribution in [3.63, 3.8) is 0 Å². The van der Waals surface area contributed by atoms with Gasteiger partial charge in [0.05, 0.1) is 39.3 Å². The van der Waals surface area contributed by atoms with E-state index >= 15 is 0 Å². The van der Waals surface area contributed by atoms with Crippen molar-refractivity contribution in [3.8, 4) is 0 Å². The van der Waals surface area contributed by atoms with Crippen LogP contribution in [0.1, 0.15) is 117 Å². The van der Waals surface area contributed by atoms with Crippen molar-refractivity contribution in [3.05, 3.63) is 24.8 Å². The zero-order valence-corrected chi connectivity index (χ0v) is 36.4. The van der Waals surface area contributed by atoms with E-state index in [0.717, 1.165) is 25.7 Å². The molecule has 2 rings (SSSR count). The van der Waals surface area contributed by atoms with Crippen molar-refractivity contribution in [2.75, 3.05) is 52.6 Å². The number of rotatable bonds is 30. The zero-order chi connectivity index (χ0) is 37.0. The Kier molecular flexibility index (Phi) is 34.4. The van der Waals surface area contributed by atoms with Gasteiger partial charge in [0.15, 0.2) is 0 Å². The van der Waals surface area contributed by atoms with Crippen LogP contribution in [0.3, 0.4) is 0 Å². The second-order valence-corrected chi connectivity index (χ2v) is 12.7. The predicted molar refractivity (Wildman–Crippen MR) is 185 cm³/mol. The Morgan fingerprint density at radius 3 is 1.15 bits per heavy atom. The van der Waals surface area contributed by atoms with Gasteiger partial charge in [-0.15, -0.1) is 0 Å². The second-order valence-electron chi connectivity index (χ2n) is 12.7. The maximum Gasteiger partial charge on any atom is 1.00 e. The molecule has 0 saturated heterocycles. The molecule has 2 aliphatic heterocycles. The largest absolute Gasteiger partial charge is 1.00 e. The number of unbranched alkanes of at least 4 members (excludes halogenated alkanes) is 8. The number of carbonyl (C=O) groups is 4. The summed E-state index contributed by atoms with van der Waals surface area (Å²) < 4.78 is 10.7. The van der Waals surface area contributed by atoms with E-state index in [2.05, 4.69) is 23.6 Å². The standard InChI is InChI=1S/2C18H32N2O5.2Na/c2*1-2-3-4-5-6-7-16-19(10-8-17(21)22)11-12-20(16)13-15-25-14-9-18(23)24;;/h2*11-12,16H,2-10,13-15H2,1H3,(H,21,22)(H,23,24);;/q;;2*+1/p-2. The quantitative estimate of drug-likeness (QED) is 0.0552. The van der Waals surface area contributed by atoms with Gasteiger partial charge in [0.25, 0.3) is 0 Å². The molecular weight excluding hydrogens is 694 g/mol. The van der Waals surface area contributed by atoms with Crippen LogP contribution >= 0.6 is 0 Å². The molecule has 0 saturated carbocycles. The number of carbonyl (C=O) groups excluding carboxylic acids is 2. The molecule has 0 aliphatic carbocycles. The van der Waals surface area contributed by atoms with Crippen LogP contribution in [0.25, 0.3) is 0 Å². The number of carboxylic acids is 4. The van der Waals surface area contributed by atoms with Crippen LogP contribution in [-0.4, -0.2) is 119 Å². The average molecular weight is 757 g/mol. The molecule has 0 bridgehead atoms. The van der Waals surface area contributed by atoms with Gasteiger partial charge in [-0.05, 0) is 25.7 Å². The minimum Gasteiger partial charge on any atom is -0.550 e. The van der Waals surface area contributed by atoms with E-state index in [4.69, 9.17) is 19.7 Å². The molecule has 0 spiro atoms. The summed E-state index contributed by atoms with van der Waals surface area (Å²) in [5.74, 6) is -3.80. The molecule has 52 heavy (non-hydrogen) atoms. The smallest absolute Gasteiger partial charge is 0.550 e. The molecule has 2 aliphatic rings. The Labute approximate surface area is 355 Å². The monoisotopic (exact) mass is 756 g/mol. The molecule has 16 heteroatoms. The van der Waals surface area contributed by atoms with E-state index in [1.54, 1.807) is 0 Å². The fraction of sp³-hybridized carbons (Fsp3) is 0.778. The van der Waals surface area contributed by atoms with E-state index in [1.807, 2.05) is 34.6 Å². The first kappa shape index (κ1) is 52.6. The molecule has 2 heterocycles. The summed E-state index contributed by atoms with van der Waals surface area (Å²) in [6.45, 7) is 7.92. The van der Waals surface area contributed by atoms with Crippen molar-refractivity contribution < 1.29 is 108 Å². The van der Waals surface area contributed by atoms with Crippen LogP contribution < -0.4 is 69.3 Å². The van der Waals surface area contributed by atoms with Crippen LogP contribution in [0.2, 0.25) is 0 Å². The minimum atomic E-state index is -1.04. The Bertz CT molecular complexity index is 946. The summed E-state index contributed by atoms with van der Waals surface area (Å²) in [6.07, 6.45) is 22.0. The molecule has 0 radical (unpaired) electrons. The van der Waals surface area contributed by atoms with Crippen molar-refractivity contribution in [2.24, 2.45) is 0 Å². The number of hydrogen-bond acceptors (Lipinski definition) is 12. The molecule has 0 fully saturated rings. The SMILES string of the molecule is CCCCCCCC1N(CCOCCC(=O)O)C=CN1CCC(=O)[O-].CCCCCCCC1N(CCOCCC(=O)O)C=CN1CCC(=O)[O-].[Na+].[Na+]. The topological polar surface area (TPSA) is 186 Å². The van der Waals surface area contributed by atoms with Gasteiger partial charge in [0, 0.05) is 75.8 Å². The molecule has 0 aromatic heterocycles. The van der Waals surface area contributed by atoms with Gasteiger partial charge >= 0.3 is 71.1 Å². The number of aliphatic carboxylic acids is 4. The van der Waals surface area contributed by atoms with Crippen molar-refractivity contribution >= 4 is 23.9 Å². The van der Waals surface area contributed by atoms with Gasteiger partial charge in [-0.3, -0.25) is 9.59 Å². The maximum absolute atomic E-state index is 10.7. The first-order valence-corrected chi connectivity index (χ1v) is 18.5. The van der Waals surface area contributed by atoms with Gasteiger partial charge in [-0.25, -0.2) is 0 Å². The summed E-state index contributed by atoms with van der Waals surface area (Å²) in [7, 11) is 0. The van der Waals surface area contributed by atoms with Crippen LogP contribution in [0, 0.1) is 0 Å². The average Bonchev–Trinajstić information content (AvgIpc) is 3.64. The van der Waals surface area contributed by atoms with Crippen LogP contribution in [-0.2, 0) is 28.7 Å². The molecule has 0 aromatic rings. The van der Waals surface area contributed by atoms with Crippen LogP contribution in [0.5, 0.6) is 0 Å². The normalized spacial score (nSPS) is 16.0. The Balaban J connectivity index is 0. The minimum absolute atomic E-state index is 0. The van der Waals surface area contributed by atoms with Crippen LogP contribution in [0.15, 0.2) is 24.8 Å². The summed E-state index contributed by atoms with van der Waals surface area (Å²) in [4.78, 5) is 50.8. The second kappa shape index (κ2) is 34.0. The zero-order valence-electron chi connectivity index (χ0n) is 32.4. The molecular formula is C36H62N4Na2O10. The van der Waals surface area contributed by atoms with Gasteiger partial charge in [-0.2, -0.15) is 0 Å². The Morgan fingerprint density at radius 2 is 0.846 bits per heavy atom. The predicted octanol–water partition coefficient (Wildman–Crippen LogP) is -3.21. The van der Waals surface area contributed by atoms with Crippen LogP contribution in [0.4, 0.5) is 0 Å². The molecule has 14 nitrogen and oxygen atoms in total. The van der Waals surface area contributed by atoms with E-state index < -0.39 is 23.9 Å². The molecule has 2 N–H and O–H groups in total. The van der Waals surface area contributed by atoms with Gasteiger partial charge < -0.3 is 59.1 Å². The summed E-state index contributed by atoms with van der Waals surface area (Å²) >= 11 is 0. The third-order valence-electron chi connectivity index (χ3n) is 8.62. The van der Waals surface area contributed by atoms with E-state index in [9.17, 15) is 29.4 Å². The third-order valence-corrected chi connectivity index (χ3v) is 8.62. The molecule has 0 amide bonds. The van der Waals surface area contributed by atoms with E-state index in [1.165, 1.54) is 51.4 Å². The molecule has 288 valence electrons. The van der Waals surface area contributed by atoms with Crippen molar-refractivity contribution in [1.29, 1.82) is 0 Å². The first-order valence-electron chi connectivity index (χ1n) is 18.5. The summed E-state index contributed by atoms with van der Waals surface area (Å²) in [6, 6.07) is 0. The van der Waals surface area contributed by atoms with Gasteiger partial charge in [-0.1, -0.05) is 65.2 Å². The first-order chi connectivity index (χ1) is 24.1. The molecule has 2 atom stereocenters. The van der Waals surface area contributed by atoms with Crippen molar-refractivity contribution in [2.45, 2.75) is 129 Å². The Morgan fingerprint density at radius 1 is 0.519 bits per heavy atom. The number of nitrogens with zero attached hydrogens (tertiary/aromatic N) is 4. The summed E-state index contributed by atoms with van der Waals surface area (Å²) in [5.41, 5.74) is 0. The fourth-order valence-electron chi connectivity index (χ4n) is 5.84. The van der Waals surface area contributed by atoms with E-state index in [0.29, 0.717) is 39.4 Å². The fourth-order valence-corrected chi connectivity index (χ4v) is 5.84. The number of carboxylic acid groups (broad SMARTS) is 4. The van der Waals surface area contributed by atoms with Crippen molar-refractivity contribution in [1.82, 2.24) is 19.6 Å². The number of hydrogen-bond donors (Lipinski definition) is 2. The number of ether oxygens (including phenoxy) is 2. The summed E-state index contributed by atoms with van der Waals surface area (Å²) in [5, 5.41) is 38.7. The maximum atomic E-state index is 10.7. The Hall–Kier alpha value is -1.52. The van der Waals surface area contributed by atoms with Gasteiger partial charge in [0.2, 0.25) is 0 Å². The third kappa shape index (κ3) is 26.3. The van der Waals surface area contributed by atoms with E-state index in [-0.39, 0.29) is 110 Å². The van der Waals surface area contributed by atoms with Gasteiger partial charge in [0.1, 0.15) is 12.3 Å². The molecule has 2 unspecified atom stereocenters. The molecule has 0 aromatic carbocycles.